The Morgan fingerprint density at radius 3 is 2.11 bits per heavy atom. The van der Waals surface area contributed by atoms with Gasteiger partial charge in [-0.05, 0) is 70.3 Å². The predicted octanol–water partition coefficient (Wildman–Crippen LogP) is 5.87. The summed E-state index contributed by atoms with van der Waals surface area (Å²) in [7, 11) is 1.50. The largest absolute Gasteiger partial charge is 0.497 e. The van der Waals surface area contributed by atoms with Gasteiger partial charge in [0.1, 0.15) is 17.2 Å². The molecule has 9 nitrogen and oxygen atoms in total. The summed E-state index contributed by atoms with van der Waals surface area (Å²) in [5.41, 5.74) is -2.92. The van der Waals surface area contributed by atoms with Gasteiger partial charge >= 0.3 is 18.0 Å². The predicted molar refractivity (Wildman–Crippen MR) is 158 cm³/mol. The maximum Gasteiger partial charge on any atom is 0.416 e. The number of hydrogen-bond acceptors (Lipinski definition) is 6. The maximum atomic E-state index is 15.1. The topological polar surface area (TPSA) is 100 Å². The van der Waals surface area contributed by atoms with Crippen molar-refractivity contribution in [2.75, 3.05) is 13.7 Å². The first kappa shape index (κ1) is 33.3. The second kappa shape index (κ2) is 13.0. The Labute approximate surface area is 264 Å². The number of ether oxygens (including phenoxy) is 2. The van der Waals surface area contributed by atoms with Crippen LogP contribution in [0.1, 0.15) is 41.5 Å². The Bertz CT molecular complexity index is 1810. The summed E-state index contributed by atoms with van der Waals surface area (Å²) in [5.74, 6) is -0.562. The molecular weight excluding hydrogens is 632 g/mol. The van der Waals surface area contributed by atoms with Crippen LogP contribution in [0.5, 0.6) is 11.5 Å². The number of tetrazole rings is 1. The molecule has 248 valence electrons. The molecule has 0 saturated carbocycles. The Balaban J connectivity index is 1.54. The van der Waals surface area contributed by atoms with Gasteiger partial charge in [0, 0.05) is 12.8 Å². The van der Waals surface area contributed by atoms with Crippen molar-refractivity contribution in [3.8, 4) is 11.5 Å². The Kier molecular flexibility index (Phi) is 9.18. The fourth-order valence-electron chi connectivity index (χ4n) is 5.23. The molecule has 1 aromatic heterocycles. The van der Waals surface area contributed by atoms with Crippen LogP contribution in [-0.2, 0) is 16.9 Å². The van der Waals surface area contributed by atoms with E-state index in [1.165, 1.54) is 19.2 Å². The minimum absolute atomic E-state index is 0.0330. The van der Waals surface area contributed by atoms with Gasteiger partial charge in [0.05, 0.1) is 20.3 Å². The molecule has 1 aliphatic rings. The minimum atomic E-state index is -5.03. The van der Waals surface area contributed by atoms with Gasteiger partial charge < -0.3 is 14.8 Å². The summed E-state index contributed by atoms with van der Waals surface area (Å²) >= 11 is 0. The molecule has 1 aliphatic heterocycles. The second-order valence-electron chi connectivity index (χ2n) is 11.0. The number of nitrogens with zero attached hydrogens (tertiary/aromatic N) is 4. The fraction of sp³-hybridized carbons (Fsp3) is 0.312. The van der Waals surface area contributed by atoms with Gasteiger partial charge in [0.15, 0.2) is 5.54 Å². The fourth-order valence-corrected chi connectivity index (χ4v) is 5.23. The molecule has 0 radical (unpaired) electrons. The highest BCUT2D eigenvalue weighted by Gasteiger charge is 2.60. The van der Waals surface area contributed by atoms with Crippen LogP contribution in [0, 0.1) is 6.92 Å². The average molecular weight is 662 g/mol. The number of rotatable bonds is 10. The van der Waals surface area contributed by atoms with E-state index in [4.69, 9.17) is 9.47 Å². The van der Waals surface area contributed by atoms with E-state index < -0.39 is 48.0 Å². The van der Waals surface area contributed by atoms with E-state index in [0.29, 0.717) is 16.0 Å². The zero-order valence-corrected chi connectivity index (χ0v) is 25.2. The monoisotopic (exact) mass is 661 g/mol. The first-order chi connectivity index (χ1) is 22.2. The SMILES string of the molecule is COc1ccc(Cn2nnn(C3=C(c4ccc(C)cc4)CC(c4ccc(OCCCC(F)(F)F)cc4)(C(F)(F)F)NC3=O)c2=O)cc1. The summed E-state index contributed by atoms with van der Waals surface area (Å²) in [5, 5.41) is 9.83. The van der Waals surface area contributed by atoms with E-state index in [2.05, 4.69) is 15.7 Å². The maximum absolute atomic E-state index is 15.1. The van der Waals surface area contributed by atoms with E-state index in [1.54, 1.807) is 55.5 Å². The molecular formula is C32H29F6N5O4. The highest BCUT2D eigenvalue weighted by molar-refractivity contribution is 6.23. The lowest BCUT2D eigenvalue weighted by Gasteiger charge is -2.41. The Morgan fingerprint density at radius 2 is 1.51 bits per heavy atom. The number of amides is 1. The summed E-state index contributed by atoms with van der Waals surface area (Å²) in [6.45, 7) is 1.46. The van der Waals surface area contributed by atoms with Gasteiger partial charge in [0.2, 0.25) is 0 Å². The first-order valence-electron chi connectivity index (χ1n) is 14.4. The third-order valence-corrected chi connectivity index (χ3v) is 7.72. The van der Waals surface area contributed by atoms with Gasteiger partial charge in [-0.15, -0.1) is 0 Å². The molecule has 0 fully saturated rings. The van der Waals surface area contributed by atoms with Gasteiger partial charge in [-0.25, -0.2) is 4.79 Å². The van der Waals surface area contributed by atoms with Gasteiger partial charge in [-0.1, -0.05) is 54.1 Å². The lowest BCUT2D eigenvalue weighted by molar-refractivity contribution is -0.201. The van der Waals surface area contributed by atoms with Crippen LogP contribution < -0.4 is 20.5 Å². The molecule has 4 aromatic rings. The van der Waals surface area contributed by atoms with Crippen LogP contribution in [0.15, 0.2) is 77.6 Å². The van der Waals surface area contributed by atoms with Gasteiger partial charge in [-0.2, -0.15) is 35.7 Å². The standard InChI is InChI=1S/C32H29F6N5O4/c1-20-4-8-22(9-5-20)26-18-30(32(36,37)38,23-10-14-25(15-11-23)47-17-3-16-31(33,34)35)39-28(44)27(26)43-29(45)42(40-41-43)19-21-6-12-24(46-2)13-7-21/h4-15H,3,16-19H2,1-2H3,(H,39,44). The lowest BCUT2D eigenvalue weighted by Crippen LogP contribution is -2.59. The number of carbonyl (C=O) groups is 1. The normalized spacial score (nSPS) is 17.1. The van der Waals surface area contributed by atoms with Crippen molar-refractivity contribution in [3.63, 3.8) is 0 Å². The van der Waals surface area contributed by atoms with Crippen molar-refractivity contribution in [2.24, 2.45) is 0 Å². The van der Waals surface area contributed by atoms with E-state index in [1.807, 2.05) is 0 Å². The summed E-state index contributed by atoms with van der Waals surface area (Å²) in [6.07, 6.45) is -11.6. The highest BCUT2D eigenvalue weighted by atomic mass is 19.4. The van der Waals surface area contributed by atoms with Crippen LogP contribution in [0.3, 0.4) is 0 Å². The third kappa shape index (κ3) is 7.18. The molecule has 1 amide bonds. The molecule has 15 heteroatoms. The van der Waals surface area contributed by atoms with Crippen molar-refractivity contribution in [1.29, 1.82) is 0 Å². The summed E-state index contributed by atoms with van der Waals surface area (Å²) < 4.78 is 94.7. The number of halogens is 6. The van der Waals surface area contributed by atoms with Crippen molar-refractivity contribution < 1.29 is 40.6 Å². The molecule has 1 atom stereocenters. The summed E-state index contributed by atoms with van der Waals surface area (Å²) in [4.78, 5) is 27.2. The quantitative estimate of drug-likeness (QED) is 0.169. The van der Waals surface area contributed by atoms with E-state index in [0.717, 1.165) is 22.4 Å². The molecule has 1 unspecified atom stereocenters. The third-order valence-electron chi connectivity index (χ3n) is 7.72. The molecule has 47 heavy (non-hydrogen) atoms. The second-order valence-corrected chi connectivity index (χ2v) is 11.0. The molecule has 2 heterocycles. The Morgan fingerprint density at radius 1 is 0.872 bits per heavy atom. The van der Waals surface area contributed by atoms with Gasteiger partial charge in [0.25, 0.3) is 5.91 Å². The molecule has 3 aromatic carbocycles. The number of aryl methyl sites for hydroxylation is 1. The van der Waals surface area contributed by atoms with Crippen LogP contribution in [0.2, 0.25) is 0 Å². The van der Waals surface area contributed by atoms with E-state index in [9.17, 15) is 22.8 Å². The number of methoxy groups -OCH3 is 1. The van der Waals surface area contributed by atoms with E-state index in [-0.39, 0.29) is 42.0 Å². The zero-order chi connectivity index (χ0) is 34.0. The van der Waals surface area contributed by atoms with Crippen LogP contribution in [-0.4, -0.2) is 51.8 Å². The minimum Gasteiger partial charge on any atom is -0.497 e. The number of aromatic nitrogens is 4. The van der Waals surface area contributed by atoms with Crippen LogP contribution in [0.4, 0.5) is 26.3 Å². The number of hydrogen-bond donors (Lipinski definition) is 1. The van der Waals surface area contributed by atoms with Crippen molar-refractivity contribution in [1.82, 2.24) is 25.1 Å². The van der Waals surface area contributed by atoms with Crippen molar-refractivity contribution in [3.05, 3.63) is 106 Å². The molecule has 0 spiro atoms. The van der Waals surface area contributed by atoms with Crippen LogP contribution >= 0.6 is 0 Å². The van der Waals surface area contributed by atoms with Crippen LogP contribution in [0.25, 0.3) is 11.3 Å². The Hall–Kier alpha value is -5.08. The zero-order valence-electron chi connectivity index (χ0n) is 25.2. The number of benzene rings is 3. The van der Waals surface area contributed by atoms with E-state index >= 15 is 13.2 Å². The number of alkyl halides is 6. The lowest BCUT2D eigenvalue weighted by atomic mass is 9.77. The average Bonchev–Trinajstić information content (AvgIpc) is 3.37. The van der Waals surface area contributed by atoms with Gasteiger partial charge in [-0.3, -0.25) is 4.79 Å². The molecule has 5 rings (SSSR count). The number of nitrogens with one attached hydrogen (secondary N) is 1. The molecule has 0 bridgehead atoms. The smallest absolute Gasteiger partial charge is 0.416 e. The van der Waals surface area contributed by atoms with Crippen molar-refractivity contribution >= 4 is 17.2 Å². The molecule has 0 saturated heterocycles. The molecule has 0 aliphatic carbocycles. The highest BCUT2D eigenvalue weighted by Crippen LogP contribution is 2.49. The molecule has 1 N–H and O–H groups in total. The first-order valence-corrected chi connectivity index (χ1v) is 14.4. The summed E-state index contributed by atoms with van der Waals surface area (Å²) in [6, 6.07) is 17.8. The van der Waals surface area contributed by atoms with Crippen molar-refractivity contribution in [2.45, 2.75) is 50.6 Å². The number of carbonyl (C=O) groups excluding carboxylic acids is 1.